The molecule has 15 heteroatoms. The zero-order valence-electron chi connectivity index (χ0n) is 39.1. The van der Waals surface area contributed by atoms with Gasteiger partial charge in [0.25, 0.3) is 5.91 Å². The van der Waals surface area contributed by atoms with Crippen molar-refractivity contribution in [2.45, 2.75) is 134 Å². The number of carbonyl (C=O) groups excluding carboxylic acids is 1. The minimum Gasteiger partial charge on any atom is -0.393 e. The molecule has 8 atom stereocenters. The van der Waals surface area contributed by atoms with Crippen molar-refractivity contribution >= 4 is 44.6 Å². The number of hydrogen-bond donors (Lipinski definition) is 3. The third-order valence-electron chi connectivity index (χ3n) is 16.1. The van der Waals surface area contributed by atoms with Crippen LogP contribution in [0, 0.1) is 34.5 Å². The predicted molar refractivity (Wildman–Crippen MR) is 262 cm³/mol. The third kappa shape index (κ3) is 11.2. The van der Waals surface area contributed by atoms with E-state index < -0.39 is 21.3 Å². The summed E-state index contributed by atoms with van der Waals surface area (Å²) in [5, 5.41) is 34.0. The number of nitrogens with zero attached hydrogens (tertiary/aromatic N) is 4. The van der Waals surface area contributed by atoms with Gasteiger partial charge in [-0.3, -0.25) is 9.78 Å². The van der Waals surface area contributed by atoms with E-state index in [1.807, 2.05) is 12.1 Å². The van der Waals surface area contributed by atoms with E-state index >= 15 is 0 Å². The number of unbranched alkanes of at least 4 members (excludes halogenated alkanes) is 3. The van der Waals surface area contributed by atoms with E-state index in [9.17, 15) is 23.4 Å². The Morgan fingerprint density at radius 3 is 2.58 bits per heavy atom. The van der Waals surface area contributed by atoms with Gasteiger partial charge >= 0.3 is 0 Å². The first-order valence-electron chi connectivity index (χ1n) is 24.3. The molecule has 4 aromatic rings. The Morgan fingerprint density at radius 2 is 1.78 bits per heavy atom. The number of sulfone groups is 1. The Hall–Kier alpha value is -3.69. The standard InChI is InChI=1S/C52H67Cl2N5O7S/c1-50-22-19-38(60)30-35(50)11-14-40-43-16-18-48(51(43,2)23-20-44(40)50)52(3,62)21-7-4-5-9-26-66-34-37-33-59(58-57-37)25-27-65-28-29-67(63,64)39-13-15-41(46(54)32-39)49(61)56-36-12-17-45(53)42(31-36)47-10-6-8-24-55-47/h6,8,10-13,15,17,24,31-33,38,40,43-44,48,60,62H,4-5,7,9,14,16,18-23,25-30,34H2,1-3H3,(H,56,61)/t38-,40-,43-,44-,48?,50-,51-,52?/m0/s1. The van der Waals surface area contributed by atoms with Crippen molar-refractivity contribution in [3.63, 3.8) is 0 Å². The van der Waals surface area contributed by atoms with E-state index in [1.165, 1.54) is 43.0 Å². The molecule has 3 N–H and O–H groups in total. The van der Waals surface area contributed by atoms with Gasteiger partial charge in [0.1, 0.15) is 5.69 Å². The SMILES string of the molecule is CC(O)(CCCCCCOCc1cn(CCOCCS(=O)(=O)c2ccc(C(=O)Nc3ccc(Cl)c(-c4ccccn4)c3)c(Cl)c2)nn1)C1CC[C@H]2[C@@H]3CC=C4C[C@@H](O)CC[C@]4(C)[C@H]3CC[C@]12C. The first-order chi connectivity index (χ1) is 32.1. The summed E-state index contributed by atoms with van der Waals surface area (Å²) in [7, 11) is -3.74. The lowest BCUT2D eigenvalue weighted by Gasteiger charge is -2.59. The Bertz CT molecular complexity index is 2500. The highest BCUT2D eigenvalue weighted by Gasteiger charge is 2.61. The summed E-state index contributed by atoms with van der Waals surface area (Å²) >= 11 is 12.8. The van der Waals surface area contributed by atoms with E-state index in [0.29, 0.717) is 71.1 Å². The Kier molecular flexibility index (Phi) is 15.7. The average molecular weight is 977 g/mol. The molecule has 2 aromatic heterocycles. The maximum atomic E-state index is 13.1. The van der Waals surface area contributed by atoms with Crippen LogP contribution in [0.5, 0.6) is 0 Å². The van der Waals surface area contributed by atoms with Gasteiger partial charge in [-0.25, -0.2) is 13.1 Å². The fourth-order valence-corrected chi connectivity index (χ4v) is 14.2. The van der Waals surface area contributed by atoms with Gasteiger partial charge in [0.15, 0.2) is 9.84 Å². The van der Waals surface area contributed by atoms with Gasteiger partial charge in [-0.05, 0) is 154 Å². The number of anilines is 1. The average Bonchev–Trinajstić information content (AvgIpc) is 3.92. The van der Waals surface area contributed by atoms with Crippen LogP contribution in [0.4, 0.5) is 5.69 Å². The van der Waals surface area contributed by atoms with Crippen LogP contribution in [-0.4, -0.2) is 81.8 Å². The van der Waals surface area contributed by atoms with Crippen molar-refractivity contribution < 1.29 is 32.9 Å². The van der Waals surface area contributed by atoms with Gasteiger partial charge in [-0.2, -0.15) is 0 Å². The maximum Gasteiger partial charge on any atom is 0.257 e. The summed E-state index contributed by atoms with van der Waals surface area (Å²) in [6.45, 7) is 8.68. The lowest BCUT2D eigenvalue weighted by atomic mass is 9.46. The van der Waals surface area contributed by atoms with Gasteiger partial charge in [0.2, 0.25) is 0 Å². The number of rotatable bonds is 20. The number of ether oxygens (including phenoxy) is 2. The molecule has 2 heterocycles. The van der Waals surface area contributed by atoms with Gasteiger partial charge in [-0.1, -0.05) is 79.2 Å². The summed E-state index contributed by atoms with van der Waals surface area (Å²) in [4.78, 5) is 17.4. The Balaban J connectivity index is 0.693. The van der Waals surface area contributed by atoms with Crippen molar-refractivity contribution in [2.75, 3.05) is 30.9 Å². The first-order valence-corrected chi connectivity index (χ1v) is 26.7. The van der Waals surface area contributed by atoms with Crippen molar-refractivity contribution in [3.05, 3.63) is 99.9 Å². The van der Waals surface area contributed by atoms with Crippen molar-refractivity contribution in [2.24, 2.45) is 34.5 Å². The monoisotopic (exact) mass is 975 g/mol. The van der Waals surface area contributed by atoms with Crippen LogP contribution in [0.1, 0.15) is 120 Å². The van der Waals surface area contributed by atoms with E-state index in [-0.39, 0.29) is 51.4 Å². The second-order valence-electron chi connectivity index (χ2n) is 20.3. The second kappa shape index (κ2) is 21.1. The molecule has 2 unspecified atom stereocenters. The highest BCUT2D eigenvalue weighted by atomic mass is 35.5. The molecule has 0 saturated heterocycles. The second-order valence-corrected chi connectivity index (χ2v) is 23.2. The topological polar surface area (TPSA) is 166 Å². The number of allylic oxidation sites excluding steroid dienone is 1. The molecule has 362 valence electrons. The van der Waals surface area contributed by atoms with Crippen molar-refractivity contribution in [3.8, 4) is 11.3 Å². The molecule has 2 aromatic carbocycles. The normalized spacial score (nSPS) is 26.8. The minimum atomic E-state index is -3.74. The predicted octanol–water partition coefficient (Wildman–Crippen LogP) is 10.5. The molecular formula is C52H67Cl2N5O7S. The van der Waals surface area contributed by atoms with E-state index in [2.05, 4.69) is 47.5 Å². The molecule has 0 aliphatic heterocycles. The largest absolute Gasteiger partial charge is 0.393 e. The maximum absolute atomic E-state index is 13.1. The Morgan fingerprint density at radius 1 is 0.940 bits per heavy atom. The lowest BCUT2D eigenvalue weighted by molar-refractivity contribution is -0.105. The zero-order valence-corrected chi connectivity index (χ0v) is 41.5. The van der Waals surface area contributed by atoms with Gasteiger partial charge < -0.3 is 25.0 Å². The van der Waals surface area contributed by atoms with Gasteiger partial charge in [0, 0.05) is 24.1 Å². The summed E-state index contributed by atoms with van der Waals surface area (Å²) in [6, 6.07) is 14.5. The molecule has 3 saturated carbocycles. The molecule has 3 fully saturated rings. The molecule has 0 radical (unpaired) electrons. The number of hydrogen-bond acceptors (Lipinski definition) is 10. The molecule has 12 nitrogen and oxygen atoms in total. The lowest BCUT2D eigenvalue weighted by Crippen LogP contribution is -2.53. The number of nitrogens with one attached hydrogen (secondary N) is 1. The first kappa shape index (κ1) is 49.7. The molecule has 4 aliphatic carbocycles. The fourth-order valence-electron chi connectivity index (χ4n) is 12.5. The number of carbonyl (C=O) groups is 1. The van der Waals surface area contributed by atoms with Crippen molar-refractivity contribution in [1.29, 1.82) is 0 Å². The van der Waals surface area contributed by atoms with E-state index in [0.717, 1.165) is 64.2 Å². The minimum absolute atomic E-state index is 0.00219. The number of pyridine rings is 1. The Labute approximate surface area is 406 Å². The van der Waals surface area contributed by atoms with Crippen LogP contribution < -0.4 is 5.32 Å². The van der Waals surface area contributed by atoms with Crippen LogP contribution in [0.25, 0.3) is 11.3 Å². The number of amides is 1. The van der Waals surface area contributed by atoms with Crippen LogP contribution in [-0.2, 0) is 32.5 Å². The summed E-state index contributed by atoms with van der Waals surface area (Å²) < 4.78 is 39.4. The number of fused-ring (bicyclic) bond motifs is 5. The highest BCUT2D eigenvalue weighted by molar-refractivity contribution is 7.91. The van der Waals surface area contributed by atoms with Crippen LogP contribution in [0.3, 0.4) is 0 Å². The summed E-state index contributed by atoms with van der Waals surface area (Å²) in [5.74, 6) is 1.66. The molecule has 1 amide bonds. The smallest absolute Gasteiger partial charge is 0.257 e. The zero-order chi connectivity index (χ0) is 47.4. The number of benzene rings is 2. The number of halogens is 2. The van der Waals surface area contributed by atoms with E-state index in [1.54, 1.807) is 41.3 Å². The number of aromatic nitrogens is 4. The fraction of sp³-hybridized carbons (Fsp3) is 0.577. The molecular weight excluding hydrogens is 910 g/mol. The van der Waals surface area contributed by atoms with Crippen LogP contribution in [0.2, 0.25) is 10.0 Å². The molecule has 8 rings (SSSR count). The molecule has 0 spiro atoms. The molecule has 0 bridgehead atoms. The highest BCUT2D eigenvalue weighted by Crippen LogP contribution is 2.67. The van der Waals surface area contributed by atoms with Gasteiger partial charge in [0.05, 0.1) is 76.2 Å². The quantitative estimate of drug-likeness (QED) is 0.0573. The van der Waals surface area contributed by atoms with E-state index in [4.69, 9.17) is 32.7 Å². The summed E-state index contributed by atoms with van der Waals surface area (Å²) in [5.41, 5.74) is 3.92. The van der Waals surface area contributed by atoms with Gasteiger partial charge in [-0.15, -0.1) is 5.10 Å². The molecule has 4 aliphatic rings. The third-order valence-corrected chi connectivity index (χ3v) is 18.4. The number of aliphatic hydroxyl groups is 2. The molecule has 67 heavy (non-hydrogen) atoms. The van der Waals surface area contributed by atoms with Crippen LogP contribution in [0.15, 0.2) is 83.5 Å². The van der Waals surface area contributed by atoms with Crippen molar-refractivity contribution in [1.82, 2.24) is 20.0 Å². The van der Waals surface area contributed by atoms with Crippen LogP contribution >= 0.6 is 23.2 Å². The summed E-state index contributed by atoms with van der Waals surface area (Å²) in [6.07, 6.45) is 19.5. The number of aliphatic hydroxyl groups excluding tert-OH is 1.